The van der Waals surface area contributed by atoms with Crippen LogP contribution < -0.4 is 10.2 Å². The van der Waals surface area contributed by atoms with Crippen molar-refractivity contribution in [3.05, 3.63) is 47.3 Å². The summed E-state index contributed by atoms with van der Waals surface area (Å²) < 4.78 is 6.44. The van der Waals surface area contributed by atoms with Crippen LogP contribution in [0, 0.1) is 17.2 Å². The van der Waals surface area contributed by atoms with Gasteiger partial charge in [-0.2, -0.15) is 5.26 Å². The second-order valence-electron chi connectivity index (χ2n) is 9.77. The van der Waals surface area contributed by atoms with Crippen LogP contribution in [0.15, 0.2) is 30.5 Å². The molecule has 2 aliphatic rings. The molecule has 2 N–H and O–H groups in total. The molecular weight excluding hydrogens is 414 g/mol. The number of hydrogen-bond donors (Lipinski definition) is 2. The van der Waals surface area contributed by atoms with Crippen molar-refractivity contribution in [3.8, 4) is 6.07 Å². The van der Waals surface area contributed by atoms with Crippen molar-refractivity contribution in [1.29, 1.82) is 5.26 Å². The quantitative estimate of drug-likeness (QED) is 0.627. The lowest BCUT2D eigenvalue weighted by Gasteiger charge is -2.43. The zero-order valence-corrected chi connectivity index (χ0v) is 20.0. The van der Waals surface area contributed by atoms with Crippen LogP contribution in [0.5, 0.6) is 0 Å². The van der Waals surface area contributed by atoms with Gasteiger partial charge in [-0.15, -0.1) is 0 Å². The van der Waals surface area contributed by atoms with E-state index in [2.05, 4.69) is 59.3 Å². The summed E-state index contributed by atoms with van der Waals surface area (Å²) in [7, 11) is 4.13. The molecule has 2 aromatic rings. The summed E-state index contributed by atoms with van der Waals surface area (Å²) in [5.74, 6) is 0.481. The van der Waals surface area contributed by atoms with Crippen LogP contribution in [0.4, 0.5) is 11.4 Å². The first-order valence-electron chi connectivity index (χ1n) is 12.0. The number of rotatable bonds is 8. The van der Waals surface area contributed by atoms with E-state index in [1.807, 2.05) is 6.07 Å². The van der Waals surface area contributed by atoms with Crippen LogP contribution in [0.1, 0.15) is 60.6 Å². The Hall–Kier alpha value is -2.82. The van der Waals surface area contributed by atoms with Gasteiger partial charge in [-0.1, -0.05) is 13.0 Å². The van der Waals surface area contributed by atoms with Gasteiger partial charge < -0.3 is 24.8 Å². The number of aromatic amines is 1. The number of hydrogen-bond acceptors (Lipinski definition) is 5. The highest BCUT2D eigenvalue weighted by Crippen LogP contribution is 2.47. The maximum Gasteiger partial charge on any atom is 0.272 e. The standard InChI is InChI=1S/C26H35N5O2/c1-19-7-11-31(12-8-19)24-16-21(26(9-4-10-26)33-14-13-30(2)3)5-6-22(24)29-25(32)23-15-20(17-27)18-28-23/h5-6,15-16,18-19,28H,4,7-14H2,1-3H3,(H,29,32). The van der Waals surface area contributed by atoms with Crippen molar-refractivity contribution >= 4 is 17.3 Å². The minimum absolute atomic E-state index is 0.225. The number of nitrogens with one attached hydrogen (secondary N) is 2. The highest BCUT2D eigenvalue weighted by Gasteiger charge is 2.40. The Kier molecular flexibility index (Phi) is 7.06. The van der Waals surface area contributed by atoms with Crippen LogP contribution in [0.3, 0.4) is 0 Å². The number of likely N-dealkylation sites (N-methyl/N-ethyl adjacent to an activating group) is 1. The Balaban J connectivity index is 1.60. The molecule has 7 nitrogen and oxygen atoms in total. The van der Waals surface area contributed by atoms with Crippen molar-refractivity contribution in [2.24, 2.45) is 5.92 Å². The average Bonchev–Trinajstić information content (AvgIpc) is 3.26. The monoisotopic (exact) mass is 449 g/mol. The van der Waals surface area contributed by atoms with E-state index in [1.165, 1.54) is 12.0 Å². The smallest absolute Gasteiger partial charge is 0.272 e. The van der Waals surface area contributed by atoms with E-state index in [9.17, 15) is 4.79 Å². The highest BCUT2D eigenvalue weighted by molar-refractivity contribution is 6.05. The summed E-state index contributed by atoms with van der Waals surface area (Å²) >= 11 is 0. The van der Waals surface area contributed by atoms with E-state index < -0.39 is 0 Å². The van der Waals surface area contributed by atoms with E-state index in [-0.39, 0.29) is 11.5 Å². The van der Waals surface area contributed by atoms with Gasteiger partial charge in [0.2, 0.25) is 0 Å². The number of anilines is 2. The van der Waals surface area contributed by atoms with Crippen molar-refractivity contribution in [3.63, 3.8) is 0 Å². The Morgan fingerprint density at radius 3 is 2.67 bits per heavy atom. The molecular formula is C26H35N5O2. The molecule has 4 rings (SSSR count). The number of carbonyl (C=O) groups excluding carboxylic acids is 1. The first-order valence-corrected chi connectivity index (χ1v) is 12.0. The van der Waals surface area contributed by atoms with Gasteiger partial charge in [0, 0.05) is 25.8 Å². The van der Waals surface area contributed by atoms with Crippen molar-refractivity contribution in [2.75, 3.05) is 50.6 Å². The Bertz CT molecular complexity index is 1010. The number of H-pyrrole nitrogens is 1. The first-order chi connectivity index (χ1) is 15.9. The van der Waals surface area contributed by atoms with E-state index in [0.717, 1.165) is 62.6 Å². The number of ether oxygens (including phenoxy) is 1. The zero-order valence-electron chi connectivity index (χ0n) is 20.0. The topological polar surface area (TPSA) is 84.4 Å². The van der Waals surface area contributed by atoms with Crippen LogP contribution in [-0.2, 0) is 10.3 Å². The van der Waals surface area contributed by atoms with E-state index >= 15 is 0 Å². The van der Waals surface area contributed by atoms with E-state index in [4.69, 9.17) is 10.00 Å². The number of nitrogens with zero attached hydrogens (tertiary/aromatic N) is 3. The minimum Gasteiger partial charge on any atom is -0.370 e. The fourth-order valence-electron chi connectivity index (χ4n) is 4.65. The SMILES string of the molecule is CC1CCN(c2cc(C3(OCCN(C)C)CCC3)ccc2NC(=O)c2cc(C#N)c[nH]2)CC1. The number of carbonyl (C=O) groups is 1. The predicted molar refractivity (Wildman–Crippen MR) is 131 cm³/mol. The fraction of sp³-hybridized carbons (Fsp3) is 0.538. The molecule has 0 unspecified atom stereocenters. The first kappa shape index (κ1) is 23.3. The van der Waals surface area contributed by atoms with Gasteiger partial charge in [-0.25, -0.2) is 0 Å². The Labute approximate surface area is 196 Å². The lowest BCUT2D eigenvalue weighted by atomic mass is 9.74. The van der Waals surface area contributed by atoms with Gasteiger partial charge in [-0.3, -0.25) is 4.79 Å². The predicted octanol–water partition coefficient (Wildman–Crippen LogP) is 4.33. The summed E-state index contributed by atoms with van der Waals surface area (Å²) in [6.45, 7) is 5.85. The van der Waals surface area contributed by atoms with Gasteiger partial charge in [0.1, 0.15) is 11.8 Å². The molecule has 2 fully saturated rings. The van der Waals surface area contributed by atoms with Crippen LogP contribution >= 0.6 is 0 Å². The number of piperidine rings is 1. The van der Waals surface area contributed by atoms with Gasteiger partial charge in [-0.05, 0) is 75.9 Å². The molecule has 1 saturated heterocycles. The van der Waals surface area contributed by atoms with Gasteiger partial charge in [0.05, 0.1) is 29.1 Å². The zero-order chi connectivity index (χ0) is 23.4. The Morgan fingerprint density at radius 2 is 2.06 bits per heavy atom. The second-order valence-corrected chi connectivity index (χ2v) is 9.77. The summed E-state index contributed by atoms with van der Waals surface area (Å²) in [4.78, 5) is 20.3. The fourth-order valence-corrected chi connectivity index (χ4v) is 4.65. The number of amides is 1. The molecule has 0 spiro atoms. The third-order valence-electron chi connectivity index (χ3n) is 7.03. The maximum atomic E-state index is 12.9. The highest BCUT2D eigenvalue weighted by atomic mass is 16.5. The molecule has 176 valence electrons. The molecule has 0 bridgehead atoms. The van der Waals surface area contributed by atoms with E-state index in [1.54, 1.807) is 12.3 Å². The lowest BCUT2D eigenvalue weighted by molar-refractivity contribution is -0.109. The normalized spacial score (nSPS) is 18.1. The third kappa shape index (κ3) is 5.23. The minimum atomic E-state index is -0.239. The third-order valence-corrected chi connectivity index (χ3v) is 7.03. The van der Waals surface area contributed by atoms with Crippen molar-refractivity contribution in [1.82, 2.24) is 9.88 Å². The summed E-state index contributed by atoms with van der Waals surface area (Å²) in [6, 6.07) is 9.99. The van der Waals surface area contributed by atoms with Gasteiger partial charge in [0.15, 0.2) is 0 Å². The summed E-state index contributed by atoms with van der Waals surface area (Å²) in [5, 5.41) is 12.1. The number of benzene rings is 1. The largest absolute Gasteiger partial charge is 0.370 e. The Morgan fingerprint density at radius 1 is 1.30 bits per heavy atom. The molecule has 2 heterocycles. The van der Waals surface area contributed by atoms with Crippen LogP contribution in [0.2, 0.25) is 0 Å². The molecule has 1 aliphatic carbocycles. The second kappa shape index (κ2) is 9.98. The molecule has 1 aliphatic heterocycles. The van der Waals surface area contributed by atoms with Gasteiger partial charge in [0.25, 0.3) is 5.91 Å². The van der Waals surface area contributed by atoms with Crippen LogP contribution in [0.25, 0.3) is 0 Å². The van der Waals surface area contributed by atoms with Crippen molar-refractivity contribution in [2.45, 2.75) is 44.6 Å². The molecule has 7 heteroatoms. The molecule has 1 amide bonds. The molecule has 0 atom stereocenters. The van der Waals surface area contributed by atoms with Gasteiger partial charge >= 0.3 is 0 Å². The molecule has 33 heavy (non-hydrogen) atoms. The molecule has 0 radical (unpaired) electrons. The molecule has 1 aromatic carbocycles. The van der Waals surface area contributed by atoms with Crippen LogP contribution in [-0.4, -0.2) is 56.1 Å². The van der Waals surface area contributed by atoms with Crippen molar-refractivity contribution < 1.29 is 9.53 Å². The lowest BCUT2D eigenvalue weighted by Crippen LogP contribution is -2.39. The van der Waals surface area contributed by atoms with E-state index in [0.29, 0.717) is 17.9 Å². The molecule has 1 saturated carbocycles. The maximum absolute atomic E-state index is 12.9. The number of aromatic nitrogens is 1. The summed E-state index contributed by atoms with van der Waals surface area (Å²) in [5.41, 5.74) is 3.67. The molecule has 1 aromatic heterocycles. The summed E-state index contributed by atoms with van der Waals surface area (Å²) in [6.07, 6.45) is 7.07. The number of nitriles is 1. The average molecular weight is 450 g/mol.